The van der Waals surface area contributed by atoms with Gasteiger partial charge in [-0.25, -0.2) is 0 Å². The van der Waals surface area contributed by atoms with Crippen molar-refractivity contribution in [1.82, 2.24) is 5.32 Å². The molecule has 0 aromatic heterocycles. The molecule has 114 valence electrons. The van der Waals surface area contributed by atoms with Gasteiger partial charge in [0.05, 0.1) is 0 Å². The molecule has 2 heteroatoms. The Balaban J connectivity index is 2.86. The lowest BCUT2D eigenvalue weighted by atomic mass is 10.0. The summed E-state index contributed by atoms with van der Waals surface area (Å²) in [4.78, 5) is 2.43. The zero-order chi connectivity index (χ0) is 15.1. The standard InChI is InChI=1S/C18H32N2/c1-7-10-19-13-17-12-15(4)8-9-18(17)20(6)16(5)11-14(2)3/h8-9,12,14,16,19H,7,10-11,13H2,1-6H3. The molecule has 1 rings (SSSR count). The van der Waals surface area contributed by atoms with E-state index in [0.717, 1.165) is 19.0 Å². The molecule has 1 aromatic carbocycles. The number of anilines is 1. The zero-order valence-electron chi connectivity index (χ0n) is 14.2. The smallest absolute Gasteiger partial charge is 0.0411 e. The summed E-state index contributed by atoms with van der Waals surface area (Å²) in [5, 5.41) is 3.53. The average Bonchev–Trinajstić information content (AvgIpc) is 2.37. The van der Waals surface area contributed by atoms with E-state index in [1.54, 1.807) is 0 Å². The summed E-state index contributed by atoms with van der Waals surface area (Å²) < 4.78 is 0. The summed E-state index contributed by atoms with van der Waals surface area (Å²) in [7, 11) is 2.22. The normalized spacial score (nSPS) is 12.8. The molecule has 20 heavy (non-hydrogen) atoms. The molecule has 0 aliphatic heterocycles. The van der Waals surface area contributed by atoms with Crippen LogP contribution >= 0.6 is 0 Å². The van der Waals surface area contributed by atoms with E-state index in [4.69, 9.17) is 0 Å². The van der Waals surface area contributed by atoms with Gasteiger partial charge in [-0.05, 0) is 50.8 Å². The molecule has 0 amide bonds. The first-order valence-electron chi connectivity index (χ1n) is 7.98. The minimum atomic E-state index is 0.572. The molecule has 0 spiro atoms. The Labute approximate surface area is 125 Å². The van der Waals surface area contributed by atoms with E-state index >= 15 is 0 Å². The fraction of sp³-hybridized carbons (Fsp3) is 0.667. The Bertz CT molecular complexity index is 398. The van der Waals surface area contributed by atoms with Gasteiger partial charge in [-0.15, -0.1) is 0 Å². The van der Waals surface area contributed by atoms with Gasteiger partial charge >= 0.3 is 0 Å². The Kier molecular flexibility index (Phi) is 7.08. The van der Waals surface area contributed by atoms with Gasteiger partial charge in [-0.3, -0.25) is 0 Å². The molecular weight excluding hydrogens is 244 g/mol. The molecule has 1 N–H and O–H groups in total. The molecule has 0 aliphatic carbocycles. The Morgan fingerprint density at radius 3 is 2.50 bits per heavy atom. The van der Waals surface area contributed by atoms with Gasteiger partial charge in [0, 0.05) is 25.3 Å². The molecule has 0 heterocycles. The molecule has 1 atom stereocenters. The lowest BCUT2D eigenvalue weighted by Crippen LogP contribution is -2.31. The summed E-state index contributed by atoms with van der Waals surface area (Å²) in [6, 6.07) is 7.38. The van der Waals surface area contributed by atoms with Crippen molar-refractivity contribution in [2.24, 2.45) is 5.92 Å². The van der Waals surface area contributed by atoms with E-state index in [1.807, 2.05) is 0 Å². The number of hydrogen-bond donors (Lipinski definition) is 1. The van der Waals surface area contributed by atoms with Crippen LogP contribution in [0.5, 0.6) is 0 Å². The molecule has 0 saturated carbocycles. The largest absolute Gasteiger partial charge is 0.372 e. The van der Waals surface area contributed by atoms with Gasteiger partial charge in [0.15, 0.2) is 0 Å². The minimum Gasteiger partial charge on any atom is -0.372 e. The van der Waals surface area contributed by atoms with Crippen molar-refractivity contribution in [2.75, 3.05) is 18.5 Å². The van der Waals surface area contributed by atoms with Crippen LogP contribution in [0.25, 0.3) is 0 Å². The minimum absolute atomic E-state index is 0.572. The van der Waals surface area contributed by atoms with Crippen LogP contribution in [0.15, 0.2) is 18.2 Å². The Hall–Kier alpha value is -1.02. The topological polar surface area (TPSA) is 15.3 Å². The number of aryl methyl sites for hydroxylation is 1. The second-order valence-corrected chi connectivity index (χ2v) is 6.40. The van der Waals surface area contributed by atoms with Crippen molar-refractivity contribution in [2.45, 2.75) is 60.0 Å². The van der Waals surface area contributed by atoms with Gasteiger partial charge in [0.25, 0.3) is 0 Å². The number of benzene rings is 1. The monoisotopic (exact) mass is 276 g/mol. The van der Waals surface area contributed by atoms with Crippen molar-refractivity contribution >= 4 is 5.69 Å². The average molecular weight is 276 g/mol. The molecule has 2 nitrogen and oxygen atoms in total. The zero-order valence-corrected chi connectivity index (χ0v) is 14.2. The fourth-order valence-electron chi connectivity index (χ4n) is 2.68. The maximum atomic E-state index is 3.53. The van der Waals surface area contributed by atoms with E-state index in [0.29, 0.717) is 6.04 Å². The predicted octanol–water partition coefficient (Wildman–Crippen LogP) is 4.37. The Morgan fingerprint density at radius 1 is 1.20 bits per heavy atom. The van der Waals surface area contributed by atoms with Gasteiger partial charge in [0.2, 0.25) is 0 Å². The number of nitrogens with zero attached hydrogens (tertiary/aromatic N) is 1. The first kappa shape index (κ1) is 17.0. The maximum Gasteiger partial charge on any atom is 0.0411 e. The van der Waals surface area contributed by atoms with Crippen LogP contribution in [-0.2, 0) is 6.54 Å². The highest BCUT2D eigenvalue weighted by molar-refractivity contribution is 5.55. The van der Waals surface area contributed by atoms with Crippen LogP contribution in [0.1, 0.15) is 51.7 Å². The second-order valence-electron chi connectivity index (χ2n) is 6.40. The molecule has 0 fully saturated rings. The van der Waals surface area contributed by atoms with Crippen molar-refractivity contribution in [1.29, 1.82) is 0 Å². The van der Waals surface area contributed by atoms with Gasteiger partial charge in [-0.2, -0.15) is 0 Å². The van der Waals surface area contributed by atoms with Crippen molar-refractivity contribution in [3.05, 3.63) is 29.3 Å². The highest BCUT2D eigenvalue weighted by Crippen LogP contribution is 2.24. The summed E-state index contributed by atoms with van der Waals surface area (Å²) in [5.41, 5.74) is 4.12. The summed E-state index contributed by atoms with van der Waals surface area (Å²) in [6.07, 6.45) is 2.41. The SMILES string of the molecule is CCCNCc1cc(C)ccc1N(C)C(C)CC(C)C. The fourth-order valence-corrected chi connectivity index (χ4v) is 2.68. The summed E-state index contributed by atoms with van der Waals surface area (Å²) >= 11 is 0. The number of nitrogens with one attached hydrogen (secondary N) is 1. The van der Waals surface area contributed by atoms with Gasteiger partial charge < -0.3 is 10.2 Å². The van der Waals surface area contributed by atoms with E-state index in [-0.39, 0.29) is 0 Å². The van der Waals surface area contributed by atoms with Crippen LogP contribution in [0.3, 0.4) is 0 Å². The third-order valence-electron chi connectivity index (χ3n) is 3.83. The highest BCUT2D eigenvalue weighted by Gasteiger charge is 2.14. The van der Waals surface area contributed by atoms with Crippen molar-refractivity contribution in [3.8, 4) is 0 Å². The molecule has 0 saturated heterocycles. The molecule has 1 aromatic rings. The van der Waals surface area contributed by atoms with Crippen LogP contribution in [0.4, 0.5) is 5.69 Å². The molecular formula is C18H32N2. The first-order chi connectivity index (χ1) is 9.45. The summed E-state index contributed by atoms with van der Waals surface area (Å²) in [6.45, 7) is 13.3. The van der Waals surface area contributed by atoms with E-state index < -0.39 is 0 Å². The molecule has 0 aliphatic rings. The lowest BCUT2D eigenvalue weighted by molar-refractivity contribution is 0.503. The van der Waals surface area contributed by atoms with Gasteiger partial charge in [-0.1, -0.05) is 38.5 Å². The molecule has 1 unspecified atom stereocenters. The maximum absolute atomic E-state index is 3.53. The predicted molar refractivity (Wildman–Crippen MR) is 90.5 cm³/mol. The van der Waals surface area contributed by atoms with Crippen LogP contribution < -0.4 is 10.2 Å². The number of hydrogen-bond acceptors (Lipinski definition) is 2. The second kappa shape index (κ2) is 8.31. The Morgan fingerprint density at radius 2 is 1.90 bits per heavy atom. The van der Waals surface area contributed by atoms with Crippen molar-refractivity contribution < 1.29 is 0 Å². The summed E-state index contributed by atoms with van der Waals surface area (Å²) in [5.74, 6) is 0.736. The molecule has 0 bridgehead atoms. The first-order valence-corrected chi connectivity index (χ1v) is 7.98. The van der Waals surface area contributed by atoms with Crippen LogP contribution in [0, 0.1) is 12.8 Å². The molecule has 0 radical (unpaired) electrons. The number of rotatable bonds is 8. The van der Waals surface area contributed by atoms with Crippen LogP contribution in [-0.4, -0.2) is 19.6 Å². The van der Waals surface area contributed by atoms with Crippen LogP contribution in [0.2, 0.25) is 0 Å². The lowest BCUT2D eigenvalue weighted by Gasteiger charge is -2.30. The van der Waals surface area contributed by atoms with Gasteiger partial charge in [0.1, 0.15) is 0 Å². The third-order valence-corrected chi connectivity index (χ3v) is 3.83. The van der Waals surface area contributed by atoms with E-state index in [9.17, 15) is 0 Å². The van der Waals surface area contributed by atoms with E-state index in [1.165, 1.54) is 29.7 Å². The van der Waals surface area contributed by atoms with E-state index in [2.05, 4.69) is 70.1 Å². The third kappa shape index (κ3) is 5.16. The highest BCUT2D eigenvalue weighted by atomic mass is 15.1. The quantitative estimate of drug-likeness (QED) is 0.709. The van der Waals surface area contributed by atoms with Crippen molar-refractivity contribution in [3.63, 3.8) is 0 Å².